The normalized spacial score (nSPS) is 12.9. The number of furan rings is 1. The number of nitrogens with zero attached hydrogens (tertiary/aromatic N) is 4. The molecule has 4 aromatic carbocycles. The van der Waals surface area contributed by atoms with E-state index in [-0.39, 0.29) is 25.5 Å². The smallest absolute Gasteiger partial charge is 0 e. The third kappa shape index (κ3) is 8.57. The Kier molecular flexibility index (Phi) is 10.7. The van der Waals surface area contributed by atoms with Crippen molar-refractivity contribution in [3.8, 4) is 28.3 Å². The van der Waals surface area contributed by atoms with Gasteiger partial charge in [0.15, 0.2) is 0 Å². The van der Waals surface area contributed by atoms with E-state index in [0.717, 1.165) is 71.4 Å². The van der Waals surface area contributed by atoms with Crippen LogP contribution in [0, 0.1) is 24.5 Å². The van der Waals surface area contributed by atoms with Crippen LogP contribution in [0.3, 0.4) is 0 Å². The number of para-hydroxylation sites is 3. The summed E-state index contributed by atoms with van der Waals surface area (Å²) in [5, 5.41) is 2.03. The molecular formula is C48H50GeIrN4O-2. The maximum absolute atomic E-state index is 8.76. The van der Waals surface area contributed by atoms with Crippen LogP contribution in [0.4, 0.5) is 0 Å². The maximum Gasteiger partial charge on any atom is 0 e. The average molecular weight is 966 g/mol. The Bertz CT molecular complexity index is 2700. The van der Waals surface area contributed by atoms with E-state index in [1.807, 2.05) is 88.5 Å². The van der Waals surface area contributed by atoms with Crippen molar-refractivity contribution in [2.24, 2.45) is 5.41 Å². The number of imidazole rings is 1. The Morgan fingerprint density at radius 2 is 1.53 bits per heavy atom. The molecule has 8 aromatic rings. The summed E-state index contributed by atoms with van der Waals surface area (Å²) in [6, 6.07) is 41.2. The number of aromatic nitrogens is 4. The summed E-state index contributed by atoms with van der Waals surface area (Å²) in [5.74, 6) is 7.67. The largest absolute Gasteiger partial charge is 0 e. The maximum atomic E-state index is 8.76. The number of benzene rings is 4. The molecule has 5 nitrogen and oxygen atoms in total. The standard InChI is InChI=1S/C29H24N3O.C19H26GeN.Ir/c1-18-16-17-20-19-10-9-11-21(26(19)33-28(20)30-18)27-31-23-13-6-8-15-25(23)32(27)24-14-7-5-12-22(24)29(2,3)4;1-19(2,3)13-16-12-18(15-10-8-7-9-11-15)21-14-17(16)20(4,5)6;/h5-10,12-17H,1-4H3;7-10,12,14H,13H2,1-6H3;/q2*-1;/i;13D2;. The summed E-state index contributed by atoms with van der Waals surface area (Å²) in [7, 11) is 0. The molecule has 55 heavy (non-hydrogen) atoms. The molecule has 0 bridgehead atoms. The number of hydrogen-bond donors (Lipinski definition) is 0. The van der Waals surface area contributed by atoms with E-state index in [0.29, 0.717) is 5.71 Å². The molecule has 0 unspecified atom stereocenters. The number of aryl methyl sites for hydroxylation is 1. The first-order valence-corrected chi connectivity index (χ1v) is 26.0. The van der Waals surface area contributed by atoms with Crippen molar-refractivity contribution >= 4 is 50.8 Å². The van der Waals surface area contributed by atoms with Gasteiger partial charge >= 0.3 is 135 Å². The van der Waals surface area contributed by atoms with Crippen molar-refractivity contribution in [1.82, 2.24) is 19.5 Å². The van der Waals surface area contributed by atoms with Crippen LogP contribution in [0.25, 0.3) is 61.4 Å². The predicted molar refractivity (Wildman–Crippen MR) is 228 cm³/mol. The van der Waals surface area contributed by atoms with Gasteiger partial charge in [0.2, 0.25) is 5.71 Å². The van der Waals surface area contributed by atoms with Crippen LogP contribution in [0.15, 0.2) is 114 Å². The fourth-order valence-corrected chi connectivity index (χ4v) is 9.81. The van der Waals surface area contributed by atoms with Crippen molar-refractivity contribution in [2.75, 3.05) is 0 Å². The third-order valence-corrected chi connectivity index (χ3v) is 13.6. The molecule has 0 N–H and O–H groups in total. The molecule has 0 amide bonds. The van der Waals surface area contributed by atoms with E-state index in [1.165, 1.54) is 5.56 Å². The molecule has 0 aliphatic heterocycles. The van der Waals surface area contributed by atoms with Gasteiger partial charge in [-0.3, -0.25) is 4.98 Å². The van der Waals surface area contributed by atoms with Crippen molar-refractivity contribution in [3.63, 3.8) is 0 Å². The second-order valence-corrected chi connectivity index (χ2v) is 27.6. The summed E-state index contributed by atoms with van der Waals surface area (Å²) in [6.07, 6.45) is 0.502. The topological polar surface area (TPSA) is 56.7 Å². The van der Waals surface area contributed by atoms with Gasteiger partial charge in [-0.25, -0.2) is 4.98 Å². The molecule has 7 heteroatoms. The van der Waals surface area contributed by atoms with E-state index in [2.05, 4.69) is 113 Å². The van der Waals surface area contributed by atoms with Gasteiger partial charge < -0.3 is 8.98 Å². The van der Waals surface area contributed by atoms with Crippen molar-refractivity contribution in [2.45, 2.75) is 77.5 Å². The molecule has 0 fully saturated rings. The molecule has 8 rings (SSSR count). The minimum atomic E-state index is -2.24. The van der Waals surface area contributed by atoms with Crippen LogP contribution < -0.4 is 4.40 Å². The third-order valence-electron chi connectivity index (χ3n) is 9.38. The van der Waals surface area contributed by atoms with Crippen LogP contribution in [-0.4, -0.2) is 32.8 Å². The summed E-state index contributed by atoms with van der Waals surface area (Å²) >= 11 is -2.24. The van der Waals surface area contributed by atoms with E-state index >= 15 is 0 Å². The van der Waals surface area contributed by atoms with Crippen LogP contribution in [0.1, 0.15) is 61.1 Å². The molecule has 0 spiro atoms. The van der Waals surface area contributed by atoms with E-state index in [4.69, 9.17) is 12.1 Å². The minimum absolute atomic E-state index is 0. The zero-order valence-electron chi connectivity index (χ0n) is 35.4. The van der Waals surface area contributed by atoms with Gasteiger partial charge in [0.05, 0.1) is 22.4 Å². The van der Waals surface area contributed by atoms with E-state index < -0.39 is 25.1 Å². The van der Waals surface area contributed by atoms with Crippen LogP contribution >= 0.6 is 0 Å². The molecule has 0 aliphatic carbocycles. The second-order valence-electron chi connectivity index (χ2n) is 17.0. The first-order chi connectivity index (χ1) is 26.4. The molecule has 0 atom stereocenters. The molecule has 0 aliphatic rings. The SMILES string of the molecule is Cc1ccc2c(n1)oc1c(-c3nc4ccccc4n3-c3ccccc3C(C)(C)C)[c-]ccc12.[2H]C([2H])(c1cc(-c2[c-]cccc2)nc[c]1[Ge]([CH3])([CH3])[CH3])C(C)(C)C.[Ir]. The molecule has 4 aromatic heterocycles. The summed E-state index contributed by atoms with van der Waals surface area (Å²) < 4.78 is 27.2. The first-order valence-electron chi connectivity index (χ1n) is 19.6. The zero-order valence-corrected chi connectivity index (χ0v) is 37.9. The summed E-state index contributed by atoms with van der Waals surface area (Å²) in [6.45, 7) is 14.6. The van der Waals surface area contributed by atoms with Crippen molar-refractivity contribution < 1.29 is 27.3 Å². The van der Waals surface area contributed by atoms with Crippen LogP contribution in [0.5, 0.6) is 0 Å². The number of rotatable bonds is 5. The Morgan fingerprint density at radius 1 is 0.800 bits per heavy atom. The molecule has 1 radical (unpaired) electrons. The van der Waals surface area contributed by atoms with Gasteiger partial charge in [-0.1, -0.05) is 62.1 Å². The van der Waals surface area contributed by atoms with Gasteiger partial charge in [-0.2, -0.15) is 0 Å². The molecule has 0 saturated heterocycles. The fourth-order valence-electron chi connectivity index (χ4n) is 6.88. The van der Waals surface area contributed by atoms with E-state index in [9.17, 15) is 0 Å². The summed E-state index contributed by atoms with van der Waals surface area (Å²) in [4.78, 5) is 14.3. The molecule has 0 saturated carbocycles. The molecule has 4 heterocycles. The first kappa shape index (κ1) is 37.6. The quantitative estimate of drug-likeness (QED) is 0.127. The zero-order chi connectivity index (χ0) is 40.2. The van der Waals surface area contributed by atoms with Crippen LogP contribution in [-0.2, 0) is 31.9 Å². The Morgan fingerprint density at radius 3 is 2.24 bits per heavy atom. The monoisotopic (exact) mass is 967 g/mol. The number of hydrogen-bond acceptors (Lipinski definition) is 4. The van der Waals surface area contributed by atoms with Crippen molar-refractivity contribution in [1.29, 1.82) is 0 Å². The fraction of sp³-hybridized carbons (Fsp3) is 0.271. The molecule has 283 valence electrons. The summed E-state index contributed by atoms with van der Waals surface area (Å²) in [5.41, 5.74) is 9.53. The molecular weight excluding hydrogens is 913 g/mol. The van der Waals surface area contributed by atoms with Gasteiger partial charge in [-0.15, -0.1) is 18.2 Å². The Labute approximate surface area is 345 Å². The predicted octanol–water partition coefficient (Wildman–Crippen LogP) is 12.1. The van der Waals surface area contributed by atoms with Gasteiger partial charge in [0, 0.05) is 36.9 Å². The number of pyridine rings is 2. The minimum Gasteiger partial charge on any atom is 0 e. The van der Waals surface area contributed by atoms with Gasteiger partial charge in [0.1, 0.15) is 0 Å². The van der Waals surface area contributed by atoms with E-state index in [1.54, 1.807) is 0 Å². The Balaban J connectivity index is 0.000000203. The number of fused-ring (bicyclic) bond motifs is 4. The van der Waals surface area contributed by atoms with Crippen molar-refractivity contribution in [3.05, 3.63) is 138 Å². The van der Waals surface area contributed by atoms with Gasteiger partial charge in [0.25, 0.3) is 0 Å². The second kappa shape index (κ2) is 15.6. The van der Waals surface area contributed by atoms with Gasteiger partial charge in [-0.05, 0) is 48.2 Å². The Hall–Kier alpha value is -4.36. The van der Waals surface area contributed by atoms with Crippen LogP contribution in [0.2, 0.25) is 17.3 Å². The average Bonchev–Trinajstić information content (AvgIpc) is 3.72.